The highest BCUT2D eigenvalue weighted by Crippen LogP contribution is 2.40. The number of likely N-dealkylation sites (N-methyl/N-ethyl adjacent to an activating group) is 1. The molecule has 1 N–H and O–H groups in total. The predicted octanol–water partition coefficient (Wildman–Crippen LogP) is 2.03. The number of benzene rings is 2. The van der Waals surface area contributed by atoms with Crippen molar-refractivity contribution < 1.29 is 14.5 Å². The Kier molecular flexibility index (Phi) is 4.66. The predicted molar refractivity (Wildman–Crippen MR) is 101 cm³/mol. The summed E-state index contributed by atoms with van der Waals surface area (Å²) in [5, 5.41) is 12.7. The molecule has 2 aliphatic heterocycles. The van der Waals surface area contributed by atoms with Crippen LogP contribution in [0.2, 0.25) is 0 Å². The van der Waals surface area contributed by atoms with Crippen LogP contribution in [0, 0.1) is 16.0 Å². The molecule has 144 valence electrons. The van der Waals surface area contributed by atoms with Gasteiger partial charge < -0.3 is 0 Å². The first-order valence-corrected chi connectivity index (χ1v) is 9.17. The van der Waals surface area contributed by atoms with Gasteiger partial charge >= 0.3 is 0 Å². The van der Waals surface area contributed by atoms with E-state index in [9.17, 15) is 19.7 Å². The third-order valence-electron chi connectivity index (χ3n) is 5.39. The molecule has 2 aromatic rings. The van der Waals surface area contributed by atoms with E-state index in [4.69, 9.17) is 0 Å². The SMILES string of the molecule is CCN1C(=O)C2C(c3ccc([N+](=O)[O-])cc3)NN(Cc3ccccc3)C2C1=O. The second-order valence-corrected chi connectivity index (χ2v) is 6.96. The Morgan fingerprint density at radius 3 is 2.32 bits per heavy atom. The standard InChI is InChI=1S/C20H20N4O4/c1-2-22-19(25)16-17(14-8-10-15(11-9-14)24(27)28)21-23(18(16)20(22)26)12-13-6-4-3-5-7-13/h3-11,16-18,21H,2,12H2,1H3. The molecular formula is C20H20N4O4. The molecule has 2 aliphatic rings. The average Bonchev–Trinajstić information content (AvgIpc) is 3.19. The number of nitrogens with zero attached hydrogens (tertiary/aromatic N) is 3. The first kappa shape index (κ1) is 18.3. The maximum atomic E-state index is 12.9. The van der Waals surface area contributed by atoms with Crippen LogP contribution >= 0.6 is 0 Å². The molecule has 4 rings (SSSR count). The van der Waals surface area contributed by atoms with Gasteiger partial charge in [-0.2, -0.15) is 0 Å². The number of nitrogens with one attached hydrogen (secondary N) is 1. The molecule has 2 heterocycles. The van der Waals surface area contributed by atoms with Gasteiger partial charge in [0.25, 0.3) is 5.69 Å². The van der Waals surface area contributed by atoms with Crippen molar-refractivity contribution in [1.82, 2.24) is 15.3 Å². The molecule has 0 aliphatic carbocycles. The van der Waals surface area contributed by atoms with Crippen LogP contribution in [0.1, 0.15) is 24.1 Å². The molecule has 28 heavy (non-hydrogen) atoms. The molecule has 0 spiro atoms. The summed E-state index contributed by atoms with van der Waals surface area (Å²) >= 11 is 0. The summed E-state index contributed by atoms with van der Waals surface area (Å²) in [7, 11) is 0. The van der Waals surface area contributed by atoms with Crippen LogP contribution in [0.4, 0.5) is 5.69 Å². The maximum Gasteiger partial charge on any atom is 0.269 e. The van der Waals surface area contributed by atoms with Crippen molar-refractivity contribution in [2.24, 2.45) is 5.92 Å². The molecule has 0 radical (unpaired) electrons. The van der Waals surface area contributed by atoms with Crippen molar-refractivity contribution in [2.75, 3.05) is 6.54 Å². The van der Waals surface area contributed by atoms with E-state index < -0.39 is 22.9 Å². The van der Waals surface area contributed by atoms with E-state index >= 15 is 0 Å². The summed E-state index contributed by atoms with van der Waals surface area (Å²) in [6.07, 6.45) is 0. The summed E-state index contributed by atoms with van der Waals surface area (Å²) in [4.78, 5) is 37.6. The van der Waals surface area contributed by atoms with Crippen molar-refractivity contribution in [2.45, 2.75) is 25.6 Å². The second kappa shape index (κ2) is 7.14. The van der Waals surface area contributed by atoms with Gasteiger partial charge in [0, 0.05) is 25.2 Å². The minimum atomic E-state index is -0.590. The van der Waals surface area contributed by atoms with E-state index in [1.165, 1.54) is 17.0 Å². The molecule has 8 heteroatoms. The van der Waals surface area contributed by atoms with Crippen molar-refractivity contribution in [3.05, 3.63) is 75.8 Å². The van der Waals surface area contributed by atoms with Crippen molar-refractivity contribution in [3.8, 4) is 0 Å². The topological polar surface area (TPSA) is 95.8 Å². The number of nitro benzene ring substituents is 1. The number of imide groups is 1. The third-order valence-corrected chi connectivity index (χ3v) is 5.39. The van der Waals surface area contributed by atoms with Gasteiger partial charge in [-0.15, -0.1) is 0 Å². The average molecular weight is 380 g/mol. The Morgan fingerprint density at radius 1 is 1.04 bits per heavy atom. The lowest BCUT2D eigenvalue weighted by atomic mass is 9.91. The highest BCUT2D eigenvalue weighted by molar-refractivity contribution is 6.07. The zero-order valence-electron chi connectivity index (χ0n) is 15.3. The van der Waals surface area contributed by atoms with Gasteiger partial charge in [0.1, 0.15) is 6.04 Å². The minimum Gasteiger partial charge on any atom is -0.281 e. The zero-order chi connectivity index (χ0) is 19.8. The van der Waals surface area contributed by atoms with Crippen LogP contribution in [0.5, 0.6) is 0 Å². The lowest BCUT2D eigenvalue weighted by Gasteiger charge is -2.24. The molecule has 0 aromatic heterocycles. The number of likely N-dealkylation sites (tertiary alicyclic amines) is 1. The van der Waals surface area contributed by atoms with Crippen molar-refractivity contribution in [3.63, 3.8) is 0 Å². The number of nitro groups is 1. The Morgan fingerprint density at radius 2 is 1.71 bits per heavy atom. The quantitative estimate of drug-likeness (QED) is 0.484. The lowest BCUT2D eigenvalue weighted by molar-refractivity contribution is -0.384. The number of rotatable bonds is 5. The molecule has 8 nitrogen and oxygen atoms in total. The van der Waals surface area contributed by atoms with Crippen LogP contribution in [0.15, 0.2) is 54.6 Å². The van der Waals surface area contributed by atoms with Gasteiger partial charge in [-0.3, -0.25) is 24.6 Å². The van der Waals surface area contributed by atoms with E-state index in [0.29, 0.717) is 13.1 Å². The molecule has 2 amide bonds. The molecule has 2 fully saturated rings. The van der Waals surface area contributed by atoms with Gasteiger partial charge in [0.05, 0.1) is 16.9 Å². The van der Waals surface area contributed by atoms with Crippen LogP contribution in [-0.2, 0) is 16.1 Å². The van der Waals surface area contributed by atoms with E-state index in [0.717, 1.165) is 11.1 Å². The zero-order valence-corrected chi connectivity index (χ0v) is 15.3. The molecular weight excluding hydrogens is 360 g/mol. The Hall–Kier alpha value is -3.10. The number of carbonyl (C=O) groups excluding carboxylic acids is 2. The molecule has 3 atom stereocenters. The van der Waals surface area contributed by atoms with Gasteiger partial charge in [-0.25, -0.2) is 10.4 Å². The van der Waals surface area contributed by atoms with Gasteiger partial charge in [0.15, 0.2) is 0 Å². The number of hydrazine groups is 1. The monoisotopic (exact) mass is 380 g/mol. The van der Waals surface area contributed by atoms with Crippen molar-refractivity contribution in [1.29, 1.82) is 0 Å². The Balaban J connectivity index is 1.68. The molecule has 0 saturated carbocycles. The number of hydrogen-bond acceptors (Lipinski definition) is 6. The summed E-state index contributed by atoms with van der Waals surface area (Å²) in [6, 6.07) is 14.8. The fourth-order valence-corrected chi connectivity index (χ4v) is 4.05. The minimum absolute atomic E-state index is 0.0107. The van der Waals surface area contributed by atoms with Crippen LogP contribution in [0.3, 0.4) is 0 Å². The molecule has 2 saturated heterocycles. The number of non-ortho nitro benzene ring substituents is 1. The Labute approximate surface area is 161 Å². The maximum absolute atomic E-state index is 12.9. The third kappa shape index (κ3) is 2.96. The smallest absolute Gasteiger partial charge is 0.269 e. The lowest BCUT2D eigenvalue weighted by Crippen LogP contribution is -2.44. The summed E-state index contributed by atoms with van der Waals surface area (Å²) in [5.74, 6) is -0.966. The molecule has 3 unspecified atom stereocenters. The highest BCUT2D eigenvalue weighted by atomic mass is 16.6. The first-order chi connectivity index (χ1) is 13.5. The second-order valence-electron chi connectivity index (χ2n) is 6.96. The summed E-state index contributed by atoms with van der Waals surface area (Å²) in [6.45, 7) is 2.59. The number of carbonyl (C=O) groups is 2. The number of fused-ring (bicyclic) bond motifs is 1. The number of hydrogen-bond donors (Lipinski definition) is 1. The van der Waals surface area contributed by atoms with Crippen LogP contribution in [-0.4, -0.2) is 39.2 Å². The van der Waals surface area contributed by atoms with E-state index in [-0.39, 0.29) is 17.5 Å². The largest absolute Gasteiger partial charge is 0.281 e. The van der Waals surface area contributed by atoms with E-state index in [2.05, 4.69) is 5.43 Å². The molecule has 2 aromatic carbocycles. The van der Waals surface area contributed by atoms with Crippen molar-refractivity contribution >= 4 is 17.5 Å². The van der Waals surface area contributed by atoms with E-state index in [1.807, 2.05) is 35.3 Å². The van der Waals surface area contributed by atoms with Crippen LogP contribution in [0.25, 0.3) is 0 Å². The Bertz CT molecular complexity index is 916. The normalized spacial score (nSPS) is 24.6. The van der Waals surface area contributed by atoms with E-state index in [1.54, 1.807) is 19.1 Å². The first-order valence-electron chi connectivity index (χ1n) is 9.17. The number of amides is 2. The summed E-state index contributed by atoms with van der Waals surface area (Å²) in [5.41, 5.74) is 5.06. The fraction of sp³-hybridized carbons (Fsp3) is 0.300. The van der Waals surface area contributed by atoms with Gasteiger partial charge in [-0.1, -0.05) is 42.5 Å². The fourth-order valence-electron chi connectivity index (χ4n) is 4.05. The van der Waals surface area contributed by atoms with Gasteiger partial charge in [-0.05, 0) is 18.1 Å². The summed E-state index contributed by atoms with van der Waals surface area (Å²) < 4.78 is 0. The van der Waals surface area contributed by atoms with Gasteiger partial charge in [0.2, 0.25) is 11.8 Å². The molecule has 0 bridgehead atoms. The highest BCUT2D eigenvalue weighted by Gasteiger charge is 2.58. The van der Waals surface area contributed by atoms with Crippen LogP contribution < -0.4 is 5.43 Å².